The van der Waals surface area contributed by atoms with Crippen molar-refractivity contribution in [3.63, 3.8) is 0 Å². The molecular weight excluding hydrogens is 318 g/mol. The molecule has 19 heavy (non-hydrogen) atoms. The predicted molar refractivity (Wildman–Crippen MR) is 86.6 cm³/mol. The van der Waals surface area contributed by atoms with E-state index in [0.29, 0.717) is 0 Å². The molecule has 3 aromatic rings. The van der Waals surface area contributed by atoms with Crippen molar-refractivity contribution in [1.29, 1.82) is 0 Å². The number of hydrogen-bond donors (Lipinski definition) is 1. The molecule has 0 aliphatic rings. The van der Waals surface area contributed by atoms with E-state index < -0.39 is 0 Å². The second-order valence-corrected chi connectivity index (χ2v) is 6.34. The second kappa shape index (κ2) is 5.45. The van der Waals surface area contributed by atoms with E-state index in [9.17, 15) is 0 Å². The largest absolute Gasteiger partial charge is 0.324 e. The highest BCUT2D eigenvalue weighted by Crippen LogP contribution is 2.35. The molecule has 0 radical (unpaired) electrons. The number of fused-ring (bicyclic) bond motifs is 1. The maximum absolute atomic E-state index is 6.38. The smallest absolute Gasteiger partial charge is 0.0488 e. The molecule has 0 aliphatic heterocycles. The molecule has 1 atom stereocenters. The van der Waals surface area contributed by atoms with Gasteiger partial charge in [-0.25, -0.2) is 0 Å². The Morgan fingerprint density at radius 2 is 1.84 bits per heavy atom. The van der Waals surface area contributed by atoms with Crippen LogP contribution in [0.5, 0.6) is 0 Å². The number of thiophene rings is 1. The van der Waals surface area contributed by atoms with Crippen LogP contribution in [-0.4, -0.2) is 0 Å². The lowest BCUT2D eigenvalue weighted by Gasteiger charge is -2.11. The van der Waals surface area contributed by atoms with Gasteiger partial charge in [0, 0.05) is 15.2 Å². The van der Waals surface area contributed by atoms with Crippen LogP contribution in [0.2, 0.25) is 0 Å². The van der Waals surface area contributed by atoms with Crippen LogP contribution in [0.3, 0.4) is 0 Å². The van der Waals surface area contributed by atoms with Crippen LogP contribution in [0.1, 0.15) is 17.2 Å². The van der Waals surface area contributed by atoms with Gasteiger partial charge < -0.3 is 5.73 Å². The lowest BCUT2D eigenvalue weighted by Crippen LogP contribution is -2.12. The van der Waals surface area contributed by atoms with E-state index in [1.165, 1.54) is 21.2 Å². The first kappa shape index (κ1) is 12.9. The summed E-state index contributed by atoms with van der Waals surface area (Å²) < 4.78 is 2.43. The van der Waals surface area contributed by atoms with Crippen molar-refractivity contribution >= 4 is 37.4 Å². The van der Waals surface area contributed by atoms with Crippen molar-refractivity contribution in [2.75, 3.05) is 0 Å². The maximum Gasteiger partial charge on any atom is 0.0488 e. The first-order chi connectivity index (χ1) is 9.25. The third-order valence-electron chi connectivity index (χ3n) is 3.28. The third kappa shape index (κ3) is 2.59. The van der Waals surface area contributed by atoms with Gasteiger partial charge in [0.15, 0.2) is 0 Å². The Hall–Kier alpha value is -1.16. The molecule has 1 nitrogen and oxygen atoms in total. The SMILES string of the molecule is NC(Cc1ccccc1)c1csc2c(Br)cccc12. The number of nitrogens with two attached hydrogens (primary N) is 1. The molecule has 3 rings (SSSR count). The van der Waals surface area contributed by atoms with Crippen LogP contribution in [0.15, 0.2) is 58.4 Å². The molecular formula is C16H14BrNS. The number of benzene rings is 2. The predicted octanol–water partition coefficient (Wildman–Crippen LogP) is 4.91. The van der Waals surface area contributed by atoms with Gasteiger partial charge in [-0.3, -0.25) is 0 Å². The lowest BCUT2D eigenvalue weighted by molar-refractivity contribution is 0.730. The molecule has 2 aromatic carbocycles. The fourth-order valence-electron chi connectivity index (χ4n) is 2.31. The van der Waals surface area contributed by atoms with Gasteiger partial charge in [-0.2, -0.15) is 0 Å². The Balaban J connectivity index is 1.94. The normalized spacial score (nSPS) is 12.7. The van der Waals surface area contributed by atoms with Crippen molar-refractivity contribution in [3.8, 4) is 0 Å². The van der Waals surface area contributed by atoms with Crippen LogP contribution >= 0.6 is 27.3 Å². The minimum atomic E-state index is 0.0467. The Kier molecular flexibility index (Phi) is 3.69. The molecule has 3 heteroatoms. The van der Waals surface area contributed by atoms with Crippen LogP contribution < -0.4 is 5.73 Å². The summed E-state index contributed by atoms with van der Waals surface area (Å²) in [4.78, 5) is 0. The summed E-state index contributed by atoms with van der Waals surface area (Å²) in [6.07, 6.45) is 0.874. The molecule has 1 unspecified atom stereocenters. The maximum atomic E-state index is 6.38. The third-order valence-corrected chi connectivity index (χ3v) is 5.25. The Labute approximate surface area is 125 Å². The van der Waals surface area contributed by atoms with Crippen LogP contribution in [0.4, 0.5) is 0 Å². The van der Waals surface area contributed by atoms with Gasteiger partial charge in [0.05, 0.1) is 0 Å². The highest BCUT2D eigenvalue weighted by Gasteiger charge is 2.13. The Bertz CT molecular complexity index is 690. The summed E-state index contributed by atoms with van der Waals surface area (Å²) in [5.74, 6) is 0. The van der Waals surface area contributed by atoms with E-state index in [1.807, 2.05) is 6.07 Å². The first-order valence-corrected chi connectivity index (χ1v) is 7.88. The molecule has 1 aromatic heterocycles. The summed E-state index contributed by atoms with van der Waals surface area (Å²) in [6.45, 7) is 0. The summed E-state index contributed by atoms with van der Waals surface area (Å²) in [5, 5.41) is 3.45. The summed E-state index contributed by atoms with van der Waals surface area (Å²) in [6, 6.07) is 16.8. The van der Waals surface area contributed by atoms with E-state index >= 15 is 0 Å². The molecule has 1 heterocycles. The lowest BCUT2D eigenvalue weighted by atomic mass is 9.99. The van der Waals surface area contributed by atoms with Crippen molar-refractivity contribution < 1.29 is 0 Å². The zero-order valence-electron chi connectivity index (χ0n) is 10.3. The number of hydrogen-bond acceptors (Lipinski definition) is 2. The molecule has 0 bridgehead atoms. The molecule has 0 saturated carbocycles. The van der Waals surface area contributed by atoms with Gasteiger partial charge in [-0.1, -0.05) is 42.5 Å². The van der Waals surface area contributed by atoms with Crippen molar-refractivity contribution in [2.24, 2.45) is 5.73 Å². The van der Waals surface area contributed by atoms with Crippen LogP contribution in [0, 0.1) is 0 Å². The van der Waals surface area contributed by atoms with E-state index in [1.54, 1.807) is 11.3 Å². The van der Waals surface area contributed by atoms with Gasteiger partial charge in [0.2, 0.25) is 0 Å². The highest BCUT2D eigenvalue weighted by molar-refractivity contribution is 9.10. The van der Waals surface area contributed by atoms with E-state index in [-0.39, 0.29) is 6.04 Å². The minimum absolute atomic E-state index is 0.0467. The zero-order valence-corrected chi connectivity index (χ0v) is 12.7. The highest BCUT2D eigenvalue weighted by atomic mass is 79.9. The minimum Gasteiger partial charge on any atom is -0.324 e. The average Bonchev–Trinajstić information content (AvgIpc) is 2.85. The van der Waals surface area contributed by atoms with Crippen molar-refractivity contribution in [2.45, 2.75) is 12.5 Å². The Morgan fingerprint density at radius 1 is 1.05 bits per heavy atom. The standard InChI is InChI=1S/C16H14BrNS/c17-14-8-4-7-12-13(10-19-16(12)14)15(18)9-11-5-2-1-3-6-11/h1-8,10,15H,9,18H2. The molecule has 0 saturated heterocycles. The fourth-order valence-corrected chi connectivity index (χ4v) is 3.99. The van der Waals surface area contributed by atoms with Crippen LogP contribution in [0.25, 0.3) is 10.1 Å². The molecule has 0 fully saturated rings. The van der Waals surface area contributed by atoms with Gasteiger partial charge in [-0.05, 0) is 50.3 Å². The van der Waals surface area contributed by atoms with Crippen molar-refractivity contribution in [1.82, 2.24) is 0 Å². The van der Waals surface area contributed by atoms with E-state index in [4.69, 9.17) is 5.73 Å². The molecule has 0 spiro atoms. The monoisotopic (exact) mass is 331 g/mol. The molecule has 0 aliphatic carbocycles. The summed E-state index contributed by atoms with van der Waals surface area (Å²) in [7, 11) is 0. The topological polar surface area (TPSA) is 26.0 Å². The Morgan fingerprint density at radius 3 is 2.63 bits per heavy atom. The molecule has 96 valence electrons. The molecule has 0 amide bonds. The average molecular weight is 332 g/mol. The molecule has 2 N–H and O–H groups in total. The number of rotatable bonds is 3. The first-order valence-electron chi connectivity index (χ1n) is 6.21. The van der Waals surface area contributed by atoms with Gasteiger partial charge in [0.1, 0.15) is 0 Å². The van der Waals surface area contributed by atoms with Crippen molar-refractivity contribution in [3.05, 3.63) is 69.5 Å². The van der Waals surface area contributed by atoms with Crippen LogP contribution in [-0.2, 0) is 6.42 Å². The van der Waals surface area contributed by atoms with Gasteiger partial charge in [-0.15, -0.1) is 11.3 Å². The quantitative estimate of drug-likeness (QED) is 0.725. The van der Waals surface area contributed by atoms with E-state index in [2.05, 4.69) is 63.8 Å². The zero-order chi connectivity index (χ0) is 13.2. The van der Waals surface area contributed by atoms with Gasteiger partial charge in [0.25, 0.3) is 0 Å². The fraction of sp³-hybridized carbons (Fsp3) is 0.125. The van der Waals surface area contributed by atoms with E-state index in [0.717, 1.165) is 10.9 Å². The van der Waals surface area contributed by atoms with Gasteiger partial charge >= 0.3 is 0 Å². The summed E-state index contributed by atoms with van der Waals surface area (Å²) in [5.41, 5.74) is 8.90. The number of halogens is 1. The summed E-state index contributed by atoms with van der Waals surface area (Å²) >= 11 is 5.35. The second-order valence-electron chi connectivity index (χ2n) is 4.60.